The van der Waals surface area contributed by atoms with E-state index in [0.29, 0.717) is 29.2 Å². The molecule has 140 valence electrons. The predicted molar refractivity (Wildman–Crippen MR) is 96.7 cm³/mol. The highest BCUT2D eigenvalue weighted by Crippen LogP contribution is 2.94. The van der Waals surface area contributed by atoms with E-state index in [0.717, 1.165) is 48.9 Å². The second-order valence-corrected chi connectivity index (χ2v) is 9.86. The van der Waals surface area contributed by atoms with Crippen molar-refractivity contribution in [2.45, 2.75) is 24.3 Å². The fourth-order valence-corrected chi connectivity index (χ4v) is 9.83. The van der Waals surface area contributed by atoms with Crippen LogP contribution in [0.25, 0.3) is 0 Å². The maximum absolute atomic E-state index is 13.4. The summed E-state index contributed by atoms with van der Waals surface area (Å²) in [7, 11) is 1.86. The Bertz CT molecular complexity index is 919. The summed E-state index contributed by atoms with van der Waals surface area (Å²) in [5.74, 6) is 5.35. The maximum Gasteiger partial charge on any atom is 0.342 e. The number of nitrogens with zero attached hydrogens (tertiary/aromatic N) is 1. The number of carbonyl (C=O) groups excluding carboxylic acids is 1. The fourth-order valence-electron chi connectivity index (χ4n) is 9.83. The number of benzene rings is 1. The van der Waals surface area contributed by atoms with Gasteiger partial charge in [-0.3, -0.25) is 0 Å². The summed E-state index contributed by atoms with van der Waals surface area (Å²) in [4.78, 5) is 16.0. The Hall–Kier alpha value is -1.59. The lowest BCUT2D eigenvalue weighted by atomic mass is 9.58. The topological polar surface area (TPSA) is 50.8 Å². The number of anilines is 1. The van der Waals surface area contributed by atoms with Crippen LogP contribution in [0.3, 0.4) is 0 Å². The Labute approximate surface area is 158 Å². The summed E-state index contributed by atoms with van der Waals surface area (Å²) in [6.07, 6.45) is 2.42. The minimum absolute atomic E-state index is 0.0898. The van der Waals surface area contributed by atoms with Crippen LogP contribution in [0.5, 0.6) is 0 Å². The number of para-hydroxylation sites is 1. The standard InChI is InChI=1S/C22H24N2O3/c1-23-13-6-3-2-5-10(13)20(25)27-22-17-12-9-11-14-15(12)19(22)18(14)21(16(11)17)24(22)7-4-8-26-21/h2-3,5-6,11-12,14-19,23H,4,7-9H2,1H3. The lowest BCUT2D eigenvalue weighted by Gasteiger charge is -2.47. The molecular weight excluding hydrogens is 340 g/mol. The van der Waals surface area contributed by atoms with Gasteiger partial charge in [-0.1, -0.05) is 12.1 Å². The van der Waals surface area contributed by atoms with Gasteiger partial charge in [-0.15, -0.1) is 0 Å². The van der Waals surface area contributed by atoms with E-state index >= 15 is 0 Å². The molecule has 5 nitrogen and oxygen atoms in total. The summed E-state index contributed by atoms with van der Waals surface area (Å²) >= 11 is 0. The van der Waals surface area contributed by atoms with Gasteiger partial charge in [0, 0.05) is 43.0 Å². The molecule has 5 aliphatic carbocycles. The molecule has 10 unspecified atom stereocenters. The Morgan fingerprint density at radius 3 is 2.89 bits per heavy atom. The molecule has 4 bridgehead atoms. The minimum atomic E-state index is -0.384. The average Bonchev–Trinajstić information content (AvgIpc) is 3.32. The first-order valence-corrected chi connectivity index (χ1v) is 10.7. The number of rotatable bonds is 3. The lowest BCUT2D eigenvalue weighted by molar-refractivity contribution is -0.213. The third-order valence-corrected chi connectivity index (χ3v) is 9.79. The van der Waals surface area contributed by atoms with Gasteiger partial charge >= 0.3 is 5.97 Å². The molecule has 9 rings (SSSR count). The molecule has 0 aromatic heterocycles. The smallest absolute Gasteiger partial charge is 0.342 e. The Kier molecular flexibility index (Phi) is 2.17. The molecule has 1 spiro atoms. The van der Waals surface area contributed by atoms with E-state index in [1.165, 1.54) is 6.42 Å². The zero-order chi connectivity index (χ0) is 17.7. The largest absolute Gasteiger partial charge is 0.439 e. The van der Waals surface area contributed by atoms with E-state index in [4.69, 9.17) is 9.47 Å². The van der Waals surface area contributed by atoms with Crippen molar-refractivity contribution in [2.24, 2.45) is 47.3 Å². The van der Waals surface area contributed by atoms with Gasteiger partial charge in [0.2, 0.25) is 0 Å². The van der Waals surface area contributed by atoms with E-state index in [9.17, 15) is 4.79 Å². The number of hydrogen-bond donors (Lipinski definition) is 1. The van der Waals surface area contributed by atoms with Crippen LogP contribution < -0.4 is 5.32 Å². The molecule has 3 saturated heterocycles. The van der Waals surface area contributed by atoms with E-state index < -0.39 is 0 Å². The lowest BCUT2D eigenvalue weighted by Crippen LogP contribution is -2.56. The molecule has 27 heavy (non-hydrogen) atoms. The number of esters is 1. The molecule has 5 heteroatoms. The van der Waals surface area contributed by atoms with Crippen molar-refractivity contribution in [3.63, 3.8) is 0 Å². The third-order valence-electron chi connectivity index (χ3n) is 9.79. The molecule has 1 N–H and O–H groups in total. The van der Waals surface area contributed by atoms with Gasteiger partial charge in [0.05, 0.1) is 12.2 Å². The van der Waals surface area contributed by atoms with Crippen LogP contribution in [-0.2, 0) is 9.47 Å². The highest BCUT2D eigenvalue weighted by molar-refractivity contribution is 5.96. The molecule has 10 atom stereocenters. The first kappa shape index (κ1) is 14.4. The van der Waals surface area contributed by atoms with Gasteiger partial charge in [0.1, 0.15) is 5.72 Å². The van der Waals surface area contributed by atoms with E-state index in [1.54, 1.807) is 0 Å². The van der Waals surface area contributed by atoms with E-state index in [2.05, 4.69) is 10.2 Å². The van der Waals surface area contributed by atoms with Gasteiger partial charge in [0.25, 0.3) is 0 Å². The van der Waals surface area contributed by atoms with E-state index in [-0.39, 0.29) is 17.4 Å². The van der Waals surface area contributed by atoms with Gasteiger partial charge in [-0.05, 0) is 48.6 Å². The van der Waals surface area contributed by atoms with Crippen LogP contribution >= 0.6 is 0 Å². The summed E-state index contributed by atoms with van der Waals surface area (Å²) in [6.45, 7) is 1.91. The monoisotopic (exact) mass is 364 g/mol. The van der Waals surface area contributed by atoms with Crippen molar-refractivity contribution in [1.29, 1.82) is 0 Å². The average molecular weight is 364 g/mol. The summed E-state index contributed by atoms with van der Waals surface area (Å²) < 4.78 is 13.3. The van der Waals surface area contributed by atoms with Crippen molar-refractivity contribution < 1.29 is 14.3 Å². The third kappa shape index (κ3) is 1.12. The first-order valence-electron chi connectivity index (χ1n) is 10.7. The van der Waals surface area contributed by atoms with Crippen molar-refractivity contribution >= 4 is 11.7 Å². The normalized spacial score (nSPS) is 56.6. The molecule has 1 aromatic carbocycles. The second kappa shape index (κ2) is 4.06. The van der Waals surface area contributed by atoms with E-state index in [1.807, 2.05) is 31.3 Å². The molecule has 1 aromatic rings. The number of carbonyl (C=O) groups is 1. The van der Waals surface area contributed by atoms with Crippen LogP contribution in [0.2, 0.25) is 0 Å². The number of hydrogen-bond acceptors (Lipinski definition) is 5. The highest BCUT2D eigenvalue weighted by atomic mass is 16.6. The van der Waals surface area contributed by atoms with Gasteiger partial charge < -0.3 is 14.8 Å². The Balaban J connectivity index is 1.28. The molecule has 8 aliphatic rings. The van der Waals surface area contributed by atoms with Crippen molar-refractivity contribution in [1.82, 2.24) is 4.90 Å². The van der Waals surface area contributed by atoms with Crippen LogP contribution in [0.15, 0.2) is 24.3 Å². The maximum atomic E-state index is 13.4. The van der Waals surface area contributed by atoms with Crippen molar-refractivity contribution in [3.8, 4) is 0 Å². The molecule has 0 radical (unpaired) electrons. The first-order chi connectivity index (χ1) is 13.2. The van der Waals surface area contributed by atoms with Gasteiger partial charge in [0.15, 0.2) is 5.72 Å². The zero-order valence-corrected chi connectivity index (χ0v) is 15.4. The SMILES string of the molecule is CNc1ccccc1C(=O)OC12C3C4CC5C6C4C1C6C1(OCCCN12)C53. The molecule has 3 aliphatic heterocycles. The van der Waals surface area contributed by atoms with Gasteiger partial charge in [-0.25, -0.2) is 9.69 Å². The zero-order valence-electron chi connectivity index (χ0n) is 15.4. The van der Waals surface area contributed by atoms with Crippen LogP contribution in [0.1, 0.15) is 23.2 Å². The van der Waals surface area contributed by atoms with Crippen LogP contribution in [0.4, 0.5) is 5.69 Å². The van der Waals surface area contributed by atoms with Crippen molar-refractivity contribution in [3.05, 3.63) is 29.8 Å². The molecule has 8 fully saturated rings. The molecule has 5 saturated carbocycles. The number of nitrogens with one attached hydrogen (secondary N) is 1. The highest BCUT2D eigenvalue weighted by Gasteiger charge is 3.00. The summed E-state index contributed by atoms with van der Waals surface area (Å²) in [6, 6.07) is 7.72. The Morgan fingerprint density at radius 1 is 1.19 bits per heavy atom. The fraction of sp³-hybridized carbons (Fsp3) is 0.682. The van der Waals surface area contributed by atoms with Crippen LogP contribution in [-0.4, -0.2) is 42.5 Å². The Morgan fingerprint density at radius 2 is 2.00 bits per heavy atom. The van der Waals surface area contributed by atoms with Crippen molar-refractivity contribution in [2.75, 3.05) is 25.5 Å². The molecular formula is C22H24N2O3. The quantitative estimate of drug-likeness (QED) is 0.835. The molecule has 0 amide bonds. The summed E-state index contributed by atoms with van der Waals surface area (Å²) in [5, 5.41) is 3.15. The predicted octanol–water partition coefficient (Wildman–Crippen LogP) is 2.40. The van der Waals surface area contributed by atoms with Crippen LogP contribution in [0, 0.1) is 47.3 Å². The number of ether oxygens (including phenoxy) is 2. The molecule has 3 heterocycles. The second-order valence-electron chi connectivity index (χ2n) is 9.86. The van der Waals surface area contributed by atoms with Gasteiger partial charge in [-0.2, -0.15) is 0 Å². The summed E-state index contributed by atoms with van der Waals surface area (Å²) in [5.41, 5.74) is 1.03. The minimum Gasteiger partial charge on any atom is -0.439 e.